The average Bonchev–Trinajstić information content (AvgIpc) is 2.00. The Hall–Kier alpha value is 0.130. The Kier molecular flexibility index (Phi) is 2.72. The third kappa shape index (κ3) is 1.37. The van der Waals surface area contributed by atoms with E-state index in [-0.39, 0.29) is 24.6 Å². The maximum atomic E-state index is 9.28. The molecule has 3 N–H and O–H groups in total. The number of hydrogen-bond acceptors (Lipinski definition) is 4. The van der Waals surface area contributed by atoms with Crippen LogP contribution in [0.5, 0.6) is 0 Å². The fourth-order valence-corrected chi connectivity index (χ4v) is 1.58. The molecule has 5 heteroatoms. The van der Waals surface area contributed by atoms with Gasteiger partial charge in [-0.05, 0) is 12.8 Å². The highest BCUT2D eigenvalue weighted by atomic mass is 35.5. The minimum absolute atomic E-state index is 0. The van der Waals surface area contributed by atoms with Crippen molar-refractivity contribution >= 4 is 12.4 Å². The van der Waals surface area contributed by atoms with Crippen LogP contribution in [0.4, 0.5) is 0 Å². The van der Waals surface area contributed by atoms with Crippen molar-refractivity contribution in [3.63, 3.8) is 0 Å². The van der Waals surface area contributed by atoms with Crippen molar-refractivity contribution in [1.82, 2.24) is 5.48 Å². The van der Waals surface area contributed by atoms with E-state index in [1.54, 1.807) is 0 Å². The predicted molar refractivity (Wildman–Crippen MR) is 40.3 cm³/mol. The molecule has 4 atom stereocenters. The number of fused-ring (bicyclic) bond motifs is 3. The maximum Gasteiger partial charge on any atom is 0.110 e. The molecule has 66 valence electrons. The highest BCUT2D eigenvalue weighted by Gasteiger charge is 2.43. The van der Waals surface area contributed by atoms with Crippen molar-refractivity contribution in [2.45, 2.75) is 37.2 Å². The quantitative estimate of drug-likeness (QED) is 0.458. The van der Waals surface area contributed by atoms with Crippen LogP contribution in [0, 0.1) is 0 Å². The van der Waals surface area contributed by atoms with Gasteiger partial charge >= 0.3 is 0 Å². The lowest BCUT2D eigenvalue weighted by Crippen LogP contribution is -2.62. The van der Waals surface area contributed by atoms with Crippen LogP contribution in [0.2, 0.25) is 0 Å². The second kappa shape index (κ2) is 3.25. The molecule has 3 rings (SSSR count). The van der Waals surface area contributed by atoms with Gasteiger partial charge in [-0.25, -0.2) is 0 Å². The summed E-state index contributed by atoms with van der Waals surface area (Å²) in [5.74, 6) is 0. The van der Waals surface area contributed by atoms with E-state index in [0.29, 0.717) is 0 Å². The van der Waals surface area contributed by atoms with E-state index in [1.165, 1.54) is 0 Å². The molecule has 1 aliphatic carbocycles. The van der Waals surface area contributed by atoms with Crippen molar-refractivity contribution in [3.8, 4) is 0 Å². The molecule has 0 aromatic rings. The van der Waals surface area contributed by atoms with Gasteiger partial charge in [-0.15, -0.1) is 12.4 Å². The SMILES string of the molecule is Cl.O[C@@H]1[C@H](O)[C@@H]2CC[C@H]1NO2. The Morgan fingerprint density at radius 3 is 2.18 bits per heavy atom. The second-order valence-electron chi connectivity index (χ2n) is 2.94. The van der Waals surface area contributed by atoms with Crippen LogP contribution in [0.1, 0.15) is 12.8 Å². The smallest absolute Gasteiger partial charge is 0.110 e. The minimum atomic E-state index is -0.694. The summed E-state index contributed by atoms with van der Waals surface area (Å²) in [6.45, 7) is 0. The summed E-state index contributed by atoms with van der Waals surface area (Å²) in [6.07, 6.45) is 0.186. The van der Waals surface area contributed by atoms with Gasteiger partial charge < -0.3 is 10.2 Å². The first-order valence-electron chi connectivity index (χ1n) is 3.56. The van der Waals surface area contributed by atoms with Gasteiger partial charge in [0, 0.05) is 0 Å². The van der Waals surface area contributed by atoms with Gasteiger partial charge in [0.15, 0.2) is 0 Å². The van der Waals surface area contributed by atoms with Crippen molar-refractivity contribution in [1.29, 1.82) is 0 Å². The predicted octanol–water partition coefficient (Wildman–Crippen LogP) is -0.804. The second-order valence-corrected chi connectivity index (χ2v) is 2.94. The van der Waals surface area contributed by atoms with Crippen LogP contribution in [0.15, 0.2) is 0 Å². The molecule has 2 aliphatic heterocycles. The highest BCUT2D eigenvalue weighted by molar-refractivity contribution is 5.85. The lowest BCUT2D eigenvalue weighted by molar-refractivity contribution is -0.221. The Morgan fingerprint density at radius 1 is 1.18 bits per heavy atom. The van der Waals surface area contributed by atoms with Crippen molar-refractivity contribution in [3.05, 3.63) is 0 Å². The van der Waals surface area contributed by atoms with E-state index in [9.17, 15) is 10.2 Å². The summed E-state index contributed by atoms with van der Waals surface area (Å²) in [5.41, 5.74) is 2.69. The summed E-state index contributed by atoms with van der Waals surface area (Å²) in [7, 11) is 0. The van der Waals surface area contributed by atoms with E-state index in [2.05, 4.69) is 5.48 Å². The Bertz CT molecular complexity index is 118. The molecule has 1 saturated carbocycles. The fourth-order valence-electron chi connectivity index (χ4n) is 1.58. The topological polar surface area (TPSA) is 61.7 Å². The molecule has 0 unspecified atom stereocenters. The van der Waals surface area contributed by atoms with Crippen LogP contribution < -0.4 is 5.48 Å². The summed E-state index contributed by atoms with van der Waals surface area (Å²) in [5, 5.41) is 18.5. The molecule has 0 radical (unpaired) electrons. The molecule has 0 aromatic carbocycles. The van der Waals surface area contributed by atoms with E-state index in [1.807, 2.05) is 0 Å². The number of rotatable bonds is 0. The van der Waals surface area contributed by atoms with Crippen LogP contribution in [-0.4, -0.2) is 34.6 Å². The molecule has 2 heterocycles. The number of aliphatic hydroxyl groups excluding tert-OH is 2. The summed E-state index contributed by atoms with van der Waals surface area (Å²) >= 11 is 0. The van der Waals surface area contributed by atoms with Crippen molar-refractivity contribution in [2.24, 2.45) is 0 Å². The molecule has 0 amide bonds. The van der Waals surface area contributed by atoms with E-state index < -0.39 is 12.2 Å². The molecule has 4 nitrogen and oxygen atoms in total. The largest absolute Gasteiger partial charge is 0.389 e. The molecule has 2 bridgehead atoms. The summed E-state index contributed by atoms with van der Waals surface area (Å²) in [4.78, 5) is 5.00. The summed E-state index contributed by atoms with van der Waals surface area (Å²) < 4.78 is 0. The van der Waals surface area contributed by atoms with E-state index >= 15 is 0 Å². The molecule has 0 aromatic heterocycles. The average molecular weight is 182 g/mol. The number of nitrogens with one attached hydrogen (secondary N) is 1. The van der Waals surface area contributed by atoms with Gasteiger partial charge in [-0.3, -0.25) is 4.84 Å². The zero-order valence-electron chi connectivity index (χ0n) is 5.93. The van der Waals surface area contributed by atoms with Gasteiger partial charge in [0.1, 0.15) is 18.3 Å². The number of hydrogen-bond donors (Lipinski definition) is 3. The highest BCUT2D eigenvalue weighted by Crippen LogP contribution is 2.26. The number of hydroxylamine groups is 1. The molecule has 11 heavy (non-hydrogen) atoms. The fraction of sp³-hybridized carbons (Fsp3) is 1.00. The van der Waals surface area contributed by atoms with Gasteiger partial charge in [-0.2, -0.15) is 5.48 Å². The molecule has 3 aliphatic rings. The third-order valence-electron chi connectivity index (χ3n) is 2.28. The zero-order valence-corrected chi connectivity index (χ0v) is 6.75. The van der Waals surface area contributed by atoms with Crippen molar-refractivity contribution < 1.29 is 15.1 Å². The Balaban J connectivity index is 0.000000605. The van der Waals surface area contributed by atoms with Gasteiger partial charge in [-0.1, -0.05) is 0 Å². The minimum Gasteiger partial charge on any atom is -0.389 e. The lowest BCUT2D eigenvalue weighted by Gasteiger charge is -2.43. The zero-order chi connectivity index (χ0) is 7.14. The van der Waals surface area contributed by atoms with Crippen LogP contribution in [0.25, 0.3) is 0 Å². The van der Waals surface area contributed by atoms with E-state index in [0.717, 1.165) is 12.8 Å². The van der Waals surface area contributed by atoms with Gasteiger partial charge in [0.25, 0.3) is 0 Å². The van der Waals surface area contributed by atoms with Gasteiger partial charge in [0.05, 0.1) is 6.04 Å². The first-order chi connectivity index (χ1) is 4.79. The maximum absolute atomic E-state index is 9.28. The molecular weight excluding hydrogens is 170 g/mol. The Labute approximate surface area is 70.9 Å². The molecule has 3 fully saturated rings. The Morgan fingerprint density at radius 2 is 1.91 bits per heavy atom. The first-order valence-corrected chi connectivity index (χ1v) is 3.56. The van der Waals surface area contributed by atoms with Gasteiger partial charge in [0.2, 0.25) is 0 Å². The molecular formula is C6H12ClNO3. The van der Waals surface area contributed by atoms with E-state index in [4.69, 9.17) is 4.84 Å². The lowest BCUT2D eigenvalue weighted by atomic mass is 9.87. The standard InChI is InChI=1S/C6H11NO3.ClH/c8-5-3-1-2-4(6(5)9)10-7-3;/h3-9H,1-2H2;1H/t3-,4+,5+,6-;/m1./s1. The number of halogens is 1. The van der Waals surface area contributed by atoms with Crippen LogP contribution >= 0.6 is 12.4 Å². The molecule has 2 saturated heterocycles. The molecule has 0 spiro atoms. The summed E-state index contributed by atoms with van der Waals surface area (Å²) in [6, 6.07) is -0.0694. The number of aliphatic hydroxyl groups is 2. The first kappa shape index (κ1) is 9.22. The third-order valence-corrected chi connectivity index (χ3v) is 2.28. The normalized spacial score (nSPS) is 48.5. The van der Waals surface area contributed by atoms with Crippen LogP contribution in [0.3, 0.4) is 0 Å². The monoisotopic (exact) mass is 181 g/mol. The van der Waals surface area contributed by atoms with Crippen molar-refractivity contribution in [2.75, 3.05) is 0 Å². The van der Waals surface area contributed by atoms with Crippen LogP contribution in [-0.2, 0) is 4.84 Å².